The molecule has 1 heteroatoms. The molecule has 0 aromatic rings. The molecule has 1 heterocycles. The van der Waals surface area contributed by atoms with Gasteiger partial charge in [0.25, 0.3) is 0 Å². The molecule has 0 fully saturated rings. The van der Waals surface area contributed by atoms with Gasteiger partial charge in [-0.25, -0.2) is 0 Å². The molecule has 0 aromatic heterocycles. The molecule has 1 rings (SSSR count). The third-order valence-corrected chi connectivity index (χ3v) is 0.351. The van der Waals surface area contributed by atoms with E-state index in [-0.39, 0.29) is 0 Å². The number of nitrogens with one attached hydrogen (secondary N) is 1. The molecule has 0 unspecified atom stereocenters. The fourth-order valence-electron chi connectivity index (χ4n) is 0.180. The first-order valence-corrected chi connectivity index (χ1v) is 1.33. The predicted molar refractivity (Wildman–Crippen MR) is 17.4 cm³/mol. The second-order valence-electron chi connectivity index (χ2n) is 0.683. The Hall–Kier alpha value is -0.900. The van der Waals surface area contributed by atoms with Crippen molar-refractivity contribution >= 4 is 0 Å². The van der Waals surface area contributed by atoms with Crippen LogP contribution in [0.5, 0.6) is 0 Å². The Balaban J connectivity index is 2.61. The first-order valence-electron chi connectivity index (χ1n) is 1.33. The van der Waals surface area contributed by atoms with Crippen LogP contribution in [0.2, 0.25) is 0 Å². The molecule has 0 saturated carbocycles. The highest BCUT2D eigenvalue weighted by Crippen LogP contribution is 1.73. The summed E-state index contributed by atoms with van der Waals surface area (Å²) < 4.78 is 0. The third-order valence-electron chi connectivity index (χ3n) is 0.351. The van der Waals surface area contributed by atoms with E-state index < -0.39 is 0 Å². The van der Waals surface area contributed by atoms with Gasteiger partial charge in [0.1, 0.15) is 0 Å². The van der Waals surface area contributed by atoms with Crippen molar-refractivity contribution in [1.82, 2.24) is 5.32 Å². The molecule has 5 heavy (non-hydrogen) atoms. The number of hydrogen-bond acceptors (Lipinski definition) is 1. The molecule has 0 aromatic carbocycles. The minimum atomic E-state index is 1.64. The lowest BCUT2D eigenvalue weighted by Gasteiger charge is -1.35. The van der Waals surface area contributed by atoms with Gasteiger partial charge >= 0.3 is 24.6 Å². The van der Waals surface area contributed by atoms with Gasteiger partial charge in [-0.3, -0.25) is 0 Å². The first kappa shape index (κ1) is 2.34. The normalized spacial score (nSPS) is 12.8. The summed E-state index contributed by atoms with van der Waals surface area (Å²) in [6.07, 6.45) is 9.44. The van der Waals surface area contributed by atoms with Crippen LogP contribution >= 0.6 is 0 Å². The van der Waals surface area contributed by atoms with Gasteiger partial charge < -0.3 is 0 Å². The second kappa shape index (κ2) is 0.813. The summed E-state index contributed by atoms with van der Waals surface area (Å²) in [5.41, 5.74) is 0. The summed E-state index contributed by atoms with van der Waals surface area (Å²) in [5, 5.41) is 2.56. The zero-order valence-corrected chi connectivity index (χ0v) is 2.58. The highest BCUT2D eigenvalue weighted by molar-refractivity contribution is 4.92. The Kier molecular flexibility index (Phi) is 0.381. The van der Waals surface area contributed by atoms with E-state index in [1.807, 2.05) is 0 Å². The van der Waals surface area contributed by atoms with Gasteiger partial charge in [-0.05, 0) is 0 Å². The Morgan fingerprint density at radius 2 is 2.80 bits per heavy atom. The smallest absolute Gasteiger partial charge is 0.0912 e. The predicted octanol–water partition coefficient (Wildman–Crippen LogP) is 0.0266. The van der Waals surface area contributed by atoms with Crippen molar-refractivity contribution < 1.29 is 0 Å². The quantitative estimate of drug-likeness (QED) is 0.392. The Morgan fingerprint density at radius 3 is 3.00 bits per heavy atom. The van der Waals surface area contributed by atoms with Crippen LogP contribution < -0.4 is 5.32 Å². The fourth-order valence-corrected chi connectivity index (χ4v) is 0.180. The van der Waals surface area contributed by atoms with Crippen molar-refractivity contribution in [3.63, 3.8) is 0 Å². The van der Waals surface area contributed by atoms with E-state index in [4.69, 9.17) is 0 Å². The maximum atomic E-state index is 2.62. The van der Waals surface area contributed by atoms with Gasteiger partial charge in [0.2, 0.25) is 0 Å². The molecule has 1 aliphatic rings. The summed E-state index contributed by atoms with van der Waals surface area (Å²) in [4.78, 5) is 0. The van der Waals surface area contributed by atoms with E-state index in [0.717, 1.165) is 0 Å². The van der Waals surface area contributed by atoms with Crippen LogP contribution in [0, 0.1) is 18.5 Å². The van der Waals surface area contributed by atoms with Crippen LogP contribution in [-0.4, -0.2) is 0 Å². The molecule has 0 amide bonds. The molecule has 0 bridgehead atoms. The molecule has 1 nitrogen and oxygen atoms in total. The van der Waals surface area contributed by atoms with Crippen molar-refractivity contribution in [1.29, 1.82) is 0 Å². The number of allylic oxidation sites excluding steroid dienone is 2. The van der Waals surface area contributed by atoms with Gasteiger partial charge in [-0.15, -0.1) is 0 Å². The monoisotopic (exact) mass is 64.0 g/mol. The molecular formula is C4H2N+2. The van der Waals surface area contributed by atoms with Crippen LogP contribution in [0.4, 0.5) is 0 Å². The first-order chi connectivity index (χ1) is 2.50. The van der Waals surface area contributed by atoms with Crippen molar-refractivity contribution in [3.05, 3.63) is 24.6 Å². The molecule has 0 saturated heterocycles. The molecule has 1 radical (unpaired) electrons. The van der Waals surface area contributed by atoms with E-state index in [1.165, 1.54) is 0 Å². The number of hydrogen-bond donors (Lipinski definition) is 1. The zero-order chi connectivity index (χ0) is 3.54. The van der Waals surface area contributed by atoms with Crippen molar-refractivity contribution in [2.75, 3.05) is 0 Å². The van der Waals surface area contributed by atoms with Crippen LogP contribution in [0.15, 0.2) is 6.08 Å². The maximum absolute atomic E-state index is 2.62. The van der Waals surface area contributed by atoms with Crippen molar-refractivity contribution in [2.45, 2.75) is 0 Å². The molecule has 0 spiro atoms. The molecule has 21 valence electrons. The highest BCUT2D eigenvalue weighted by atomic mass is 14.8. The SMILES string of the molecule is [C]1=[C+]C=[C+]N1. The van der Waals surface area contributed by atoms with Gasteiger partial charge in [0.15, 0.2) is 0 Å². The van der Waals surface area contributed by atoms with Crippen LogP contribution in [0.25, 0.3) is 0 Å². The minimum Gasteiger partial charge on any atom is -0.0912 e. The molecule has 0 aliphatic carbocycles. The number of rotatable bonds is 0. The molecule has 1 aliphatic heterocycles. The summed E-state index contributed by atoms with van der Waals surface area (Å²) >= 11 is 0. The largest absolute Gasteiger partial charge is 0.444 e. The molecule has 0 atom stereocenters. The van der Waals surface area contributed by atoms with Gasteiger partial charge in [-0.1, -0.05) is 5.32 Å². The molecule has 1 N–H and O–H groups in total. The summed E-state index contributed by atoms with van der Waals surface area (Å²) in [5.74, 6) is 0. The van der Waals surface area contributed by atoms with Gasteiger partial charge in [0, 0.05) is 0 Å². The second-order valence-corrected chi connectivity index (χ2v) is 0.683. The van der Waals surface area contributed by atoms with Gasteiger partial charge in [-0.2, -0.15) is 0 Å². The van der Waals surface area contributed by atoms with Crippen molar-refractivity contribution in [2.24, 2.45) is 0 Å². The topological polar surface area (TPSA) is 12.0 Å². The lowest BCUT2D eigenvalue weighted by atomic mass is 10.6. The fraction of sp³-hybridized carbons (Fsp3) is 0. The summed E-state index contributed by atoms with van der Waals surface area (Å²) in [7, 11) is 0. The average molecular weight is 64.1 g/mol. The Labute approximate surface area is 31.0 Å². The van der Waals surface area contributed by atoms with E-state index in [9.17, 15) is 0 Å². The molecular weight excluding hydrogens is 62.1 g/mol. The highest BCUT2D eigenvalue weighted by Gasteiger charge is 2.09. The standard InChI is InChI=1S/C4H2N/c1-2-4-5-3-1/h1,5H/q+2. The minimum absolute atomic E-state index is 1.64. The Bertz CT molecular complexity index is 61.7. The van der Waals surface area contributed by atoms with E-state index in [1.54, 1.807) is 6.08 Å². The van der Waals surface area contributed by atoms with E-state index in [0.29, 0.717) is 0 Å². The maximum Gasteiger partial charge on any atom is 0.444 e. The van der Waals surface area contributed by atoms with Crippen LogP contribution in [-0.2, 0) is 0 Å². The average Bonchev–Trinajstić information content (AvgIpc) is 1.76. The van der Waals surface area contributed by atoms with E-state index in [2.05, 4.69) is 23.8 Å². The van der Waals surface area contributed by atoms with E-state index >= 15 is 0 Å². The van der Waals surface area contributed by atoms with Crippen molar-refractivity contribution in [3.8, 4) is 0 Å². The van der Waals surface area contributed by atoms with Crippen LogP contribution in [0.1, 0.15) is 0 Å². The summed E-state index contributed by atoms with van der Waals surface area (Å²) in [6.45, 7) is 0. The van der Waals surface area contributed by atoms with Gasteiger partial charge in [0.05, 0.1) is 0 Å². The summed E-state index contributed by atoms with van der Waals surface area (Å²) in [6, 6.07) is 0. The van der Waals surface area contributed by atoms with Crippen LogP contribution in [0.3, 0.4) is 0 Å². The third kappa shape index (κ3) is 0.223. The zero-order valence-electron chi connectivity index (χ0n) is 2.58. The lowest BCUT2D eigenvalue weighted by molar-refractivity contribution is 1.14. The Morgan fingerprint density at radius 1 is 1.80 bits per heavy atom. The lowest BCUT2D eigenvalue weighted by Crippen LogP contribution is -1.85.